The Morgan fingerprint density at radius 3 is 2.62 bits per heavy atom. The van der Waals surface area contributed by atoms with E-state index >= 15 is 0 Å². The summed E-state index contributed by atoms with van der Waals surface area (Å²) < 4.78 is 0. The lowest BCUT2D eigenvalue weighted by molar-refractivity contribution is 0.0688. The molecule has 1 heterocycles. The number of carbonyl (C=O) groups is 1. The molecule has 0 radical (unpaired) electrons. The van der Waals surface area contributed by atoms with Gasteiger partial charge in [0.05, 0.1) is 0 Å². The summed E-state index contributed by atoms with van der Waals surface area (Å²) in [4.78, 5) is 14.5. The van der Waals surface area contributed by atoms with Crippen LogP contribution in [0.3, 0.4) is 0 Å². The Morgan fingerprint density at radius 2 is 2.15 bits per heavy atom. The number of aromatic carboxylic acids is 1. The van der Waals surface area contributed by atoms with E-state index in [-0.39, 0.29) is 16.8 Å². The molecule has 0 saturated heterocycles. The predicted molar refractivity (Wildman–Crippen MR) is 50.3 cm³/mol. The number of hydrogen-bond donors (Lipinski definition) is 1. The first kappa shape index (κ1) is 9.99. The molecule has 0 aromatic carbocycles. The number of aromatic nitrogens is 1. The molecule has 0 spiro atoms. The maximum atomic E-state index is 10.8. The van der Waals surface area contributed by atoms with E-state index in [1.54, 1.807) is 12.1 Å². The maximum Gasteiger partial charge on any atom is 0.354 e. The minimum absolute atomic E-state index is 0.0440. The highest BCUT2D eigenvalue weighted by Crippen LogP contribution is 2.19. The van der Waals surface area contributed by atoms with E-state index in [0.717, 1.165) is 0 Å². The van der Waals surface area contributed by atoms with Crippen molar-refractivity contribution in [2.75, 3.05) is 0 Å². The van der Waals surface area contributed by atoms with Crippen molar-refractivity contribution in [1.29, 1.82) is 0 Å². The number of nitrogens with zero attached hydrogens (tertiary/aromatic N) is 1. The molecule has 0 fully saturated rings. The number of pyridine rings is 1. The minimum atomic E-state index is -1.04. The molecule has 0 aliphatic heterocycles. The Kier molecular flexibility index (Phi) is 2.88. The number of rotatable bonds is 2. The number of halogens is 1. The Labute approximate surface area is 81.4 Å². The lowest BCUT2D eigenvalue weighted by Gasteiger charge is -2.08. The Balaban J connectivity index is 3.27. The van der Waals surface area contributed by atoms with Crippen molar-refractivity contribution in [2.24, 2.45) is 0 Å². The quantitative estimate of drug-likeness (QED) is 0.745. The molecule has 1 aromatic heterocycles. The first-order valence-corrected chi connectivity index (χ1v) is 4.30. The normalized spacial score (nSPS) is 10.5. The van der Waals surface area contributed by atoms with Gasteiger partial charge in [0, 0.05) is 0 Å². The summed E-state index contributed by atoms with van der Waals surface area (Å²) in [5.74, 6) is -0.901. The molecule has 4 heteroatoms. The second-order valence-electron chi connectivity index (χ2n) is 3.03. The fraction of sp³-hybridized carbons (Fsp3) is 0.333. The third kappa shape index (κ3) is 2.18. The van der Waals surface area contributed by atoms with Crippen LogP contribution in [-0.2, 0) is 0 Å². The second-order valence-corrected chi connectivity index (χ2v) is 3.42. The highest BCUT2D eigenvalue weighted by molar-refractivity contribution is 6.29. The zero-order valence-electron chi connectivity index (χ0n) is 7.41. The van der Waals surface area contributed by atoms with Crippen LogP contribution in [0.1, 0.15) is 35.8 Å². The van der Waals surface area contributed by atoms with E-state index in [1.165, 1.54) is 0 Å². The predicted octanol–water partition coefficient (Wildman–Crippen LogP) is 2.56. The lowest BCUT2D eigenvalue weighted by atomic mass is 10.0. The van der Waals surface area contributed by atoms with Crippen LogP contribution in [0.5, 0.6) is 0 Å². The van der Waals surface area contributed by atoms with Gasteiger partial charge in [-0.2, -0.15) is 0 Å². The third-order valence-electron chi connectivity index (χ3n) is 1.72. The molecule has 0 aliphatic rings. The van der Waals surface area contributed by atoms with E-state index < -0.39 is 5.97 Å². The van der Waals surface area contributed by atoms with Gasteiger partial charge < -0.3 is 5.11 Å². The Bertz CT molecular complexity index is 336. The first-order chi connectivity index (χ1) is 6.02. The molecule has 0 unspecified atom stereocenters. The molecule has 70 valence electrons. The van der Waals surface area contributed by atoms with Gasteiger partial charge >= 0.3 is 5.97 Å². The summed E-state index contributed by atoms with van der Waals surface area (Å²) in [5.41, 5.74) is 0.749. The average Bonchev–Trinajstić information content (AvgIpc) is 2.03. The Morgan fingerprint density at radius 1 is 1.54 bits per heavy atom. The fourth-order valence-electron chi connectivity index (χ4n) is 1.08. The van der Waals surface area contributed by atoms with Gasteiger partial charge in [0.25, 0.3) is 0 Å². The number of hydrogen-bond acceptors (Lipinski definition) is 2. The van der Waals surface area contributed by atoms with Gasteiger partial charge in [0.2, 0.25) is 0 Å². The lowest BCUT2D eigenvalue weighted by Crippen LogP contribution is -2.06. The second kappa shape index (κ2) is 3.75. The summed E-state index contributed by atoms with van der Waals surface area (Å²) in [5, 5.41) is 9.03. The summed E-state index contributed by atoms with van der Waals surface area (Å²) in [6.07, 6.45) is 0. The summed E-state index contributed by atoms with van der Waals surface area (Å²) in [7, 11) is 0. The SMILES string of the molecule is CC(C)c1ccc(Cl)nc1C(=O)O. The zero-order chi connectivity index (χ0) is 10.0. The topological polar surface area (TPSA) is 50.2 Å². The van der Waals surface area contributed by atoms with Crippen molar-refractivity contribution in [3.8, 4) is 0 Å². The van der Waals surface area contributed by atoms with Gasteiger partial charge in [-0.25, -0.2) is 9.78 Å². The van der Waals surface area contributed by atoms with E-state index in [0.29, 0.717) is 5.56 Å². The molecule has 1 aromatic rings. The molecule has 0 aliphatic carbocycles. The molecule has 0 bridgehead atoms. The van der Waals surface area contributed by atoms with Crippen LogP contribution < -0.4 is 0 Å². The maximum absolute atomic E-state index is 10.8. The number of carboxylic acid groups (broad SMARTS) is 1. The first-order valence-electron chi connectivity index (χ1n) is 3.92. The molecule has 1 rings (SSSR count). The highest BCUT2D eigenvalue weighted by Gasteiger charge is 2.14. The van der Waals surface area contributed by atoms with E-state index in [1.807, 2.05) is 13.8 Å². The molecular formula is C9H10ClNO2. The van der Waals surface area contributed by atoms with Crippen LogP contribution in [0.2, 0.25) is 5.15 Å². The molecule has 0 saturated carbocycles. The van der Waals surface area contributed by atoms with Crippen LogP contribution in [0.15, 0.2) is 12.1 Å². The summed E-state index contributed by atoms with van der Waals surface area (Å²) in [6, 6.07) is 3.30. The minimum Gasteiger partial charge on any atom is -0.477 e. The van der Waals surface area contributed by atoms with Gasteiger partial charge in [-0.1, -0.05) is 31.5 Å². The molecule has 0 amide bonds. The van der Waals surface area contributed by atoms with Crippen LogP contribution in [0.4, 0.5) is 0 Å². The van der Waals surface area contributed by atoms with Crippen molar-refractivity contribution < 1.29 is 9.90 Å². The van der Waals surface area contributed by atoms with Gasteiger partial charge in [0.15, 0.2) is 5.69 Å². The fourth-order valence-corrected chi connectivity index (χ4v) is 1.23. The van der Waals surface area contributed by atoms with Crippen molar-refractivity contribution in [1.82, 2.24) is 4.98 Å². The van der Waals surface area contributed by atoms with Crippen LogP contribution in [0.25, 0.3) is 0 Å². The summed E-state index contributed by atoms with van der Waals surface area (Å²) in [6.45, 7) is 3.83. The smallest absolute Gasteiger partial charge is 0.354 e. The molecule has 3 nitrogen and oxygen atoms in total. The van der Waals surface area contributed by atoms with Gasteiger partial charge in [0.1, 0.15) is 5.15 Å². The molecular weight excluding hydrogens is 190 g/mol. The van der Waals surface area contributed by atoms with Crippen molar-refractivity contribution in [3.63, 3.8) is 0 Å². The molecule has 0 atom stereocenters. The van der Waals surface area contributed by atoms with Gasteiger partial charge in [-0.05, 0) is 17.5 Å². The number of carboxylic acids is 1. The van der Waals surface area contributed by atoms with Crippen molar-refractivity contribution in [3.05, 3.63) is 28.5 Å². The zero-order valence-corrected chi connectivity index (χ0v) is 8.17. The summed E-state index contributed by atoms with van der Waals surface area (Å²) >= 11 is 5.59. The average molecular weight is 200 g/mol. The highest BCUT2D eigenvalue weighted by atomic mass is 35.5. The Hall–Kier alpha value is -1.09. The molecule has 13 heavy (non-hydrogen) atoms. The van der Waals surface area contributed by atoms with Crippen molar-refractivity contribution >= 4 is 17.6 Å². The monoisotopic (exact) mass is 199 g/mol. The standard InChI is InChI=1S/C9H10ClNO2/c1-5(2)6-3-4-7(10)11-8(6)9(12)13/h3-5H,1-2H3,(H,12,13). The van der Waals surface area contributed by atoms with Crippen LogP contribution in [0, 0.1) is 0 Å². The van der Waals surface area contributed by atoms with Crippen LogP contribution in [-0.4, -0.2) is 16.1 Å². The third-order valence-corrected chi connectivity index (χ3v) is 1.93. The van der Waals surface area contributed by atoms with Gasteiger partial charge in [-0.3, -0.25) is 0 Å². The van der Waals surface area contributed by atoms with Gasteiger partial charge in [-0.15, -0.1) is 0 Å². The van der Waals surface area contributed by atoms with Crippen molar-refractivity contribution in [2.45, 2.75) is 19.8 Å². The van der Waals surface area contributed by atoms with Crippen LogP contribution >= 0.6 is 11.6 Å². The van der Waals surface area contributed by atoms with E-state index in [4.69, 9.17) is 16.7 Å². The largest absolute Gasteiger partial charge is 0.477 e. The van der Waals surface area contributed by atoms with E-state index in [2.05, 4.69) is 4.98 Å². The van der Waals surface area contributed by atoms with E-state index in [9.17, 15) is 4.79 Å². The molecule has 1 N–H and O–H groups in total.